The van der Waals surface area contributed by atoms with Crippen LogP contribution < -0.4 is 0 Å². The number of rotatable bonds is 3. The summed E-state index contributed by atoms with van der Waals surface area (Å²) in [6, 6.07) is 9.77. The van der Waals surface area contributed by atoms with Crippen molar-refractivity contribution in [1.29, 1.82) is 5.26 Å². The van der Waals surface area contributed by atoms with E-state index < -0.39 is 0 Å². The fourth-order valence-corrected chi connectivity index (χ4v) is 1.78. The van der Waals surface area contributed by atoms with Crippen molar-refractivity contribution in [3.63, 3.8) is 0 Å². The molecule has 1 aromatic rings. The summed E-state index contributed by atoms with van der Waals surface area (Å²) in [6.07, 6.45) is 1.07. The molecule has 0 saturated heterocycles. The SMILES string of the molecule is CC(=O)SCCC#Cc1ccccc1CC#N. The third-order valence-electron chi connectivity index (χ3n) is 2.04. The van der Waals surface area contributed by atoms with E-state index in [1.54, 1.807) is 6.92 Å². The normalized spacial score (nSPS) is 8.94. The Kier molecular flexibility index (Phi) is 5.93. The van der Waals surface area contributed by atoms with Crippen LogP contribution in [0.2, 0.25) is 0 Å². The van der Waals surface area contributed by atoms with E-state index in [2.05, 4.69) is 17.9 Å². The Hall–Kier alpha value is -1.71. The molecule has 0 unspecified atom stereocenters. The van der Waals surface area contributed by atoms with Crippen LogP contribution in [0.25, 0.3) is 0 Å². The highest BCUT2D eigenvalue weighted by Crippen LogP contribution is 2.08. The summed E-state index contributed by atoms with van der Waals surface area (Å²) in [4.78, 5) is 10.7. The predicted molar refractivity (Wildman–Crippen MR) is 70.4 cm³/mol. The number of carbonyl (C=O) groups is 1. The van der Waals surface area contributed by atoms with E-state index in [0.29, 0.717) is 12.8 Å². The van der Waals surface area contributed by atoms with E-state index in [9.17, 15) is 4.79 Å². The average molecular weight is 243 g/mol. The molecule has 0 aliphatic rings. The summed E-state index contributed by atoms with van der Waals surface area (Å²) < 4.78 is 0. The van der Waals surface area contributed by atoms with Crippen LogP contribution in [0.3, 0.4) is 0 Å². The molecule has 0 aromatic heterocycles. The minimum atomic E-state index is 0.122. The largest absolute Gasteiger partial charge is 0.288 e. The van der Waals surface area contributed by atoms with Gasteiger partial charge in [0.05, 0.1) is 12.5 Å². The van der Waals surface area contributed by atoms with Gasteiger partial charge in [-0.1, -0.05) is 41.8 Å². The highest BCUT2D eigenvalue weighted by atomic mass is 32.2. The number of carbonyl (C=O) groups excluding carboxylic acids is 1. The molecule has 0 aliphatic heterocycles. The number of hydrogen-bond donors (Lipinski definition) is 0. The minimum absolute atomic E-state index is 0.122. The monoisotopic (exact) mass is 243 g/mol. The van der Waals surface area contributed by atoms with E-state index in [-0.39, 0.29) is 5.12 Å². The van der Waals surface area contributed by atoms with Crippen molar-refractivity contribution < 1.29 is 4.79 Å². The van der Waals surface area contributed by atoms with Crippen molar-refractivity contribution in [2.45, 2.75) is 19.8 Å². The highest BCUT2D eigenvalue weighted by molar-refractivity contribution is 8.13. The summed E-state index contributed by atoms with van der Waals surface area (Å²) in [5, 5.41) is 8.80. The quantitative estimate of drug-likeness (QED) is 0.605. The summed E-state index contributed by atoms with van der Waals surface area (Å²) in [7, 11) is 0. The molecule has 0 bridgehead atoms. The topological polar surface area (TPSA) is 40.9 Å². The van der Waals surface area contributed by atoms with Gasteiger partial charge in [-0.05, 0) is 11.6 Å². The first-order valence-electron chi connectivity index (χ1n) is 5.31. The zero-order valence-corrected chi connectivity index (χ0v) is 10.5. The van der Waals surface area contributed by atoms with Crippen molar-refractivity contribution in [2.24, 2.45) is 0 Å². The molecule has 0 saturated carbocycles. The molecule has 1 rings (SSSR count). The zero-order chi connectivity index (χ0) is 12.5. The summed E-state index contributed by atoms with van der Waals surface area (Å²) in [5.41, 5.74) is 1.86. The Balaban J connectivity index is 2.59. The Labute approximate surface area is 106 Å². The van der Waals surface area contributed by atoms with Gasteiger partial charge in [0.2, 0.25) is 0 Å². The molecule has 0 aliphatic carbocycles. The van der Waals surface area contributed by atoms with Crippen molar-refractivity contribution in [2.75, 3.05) is 5.75 Å². The van der Waals surface area contributed by atoms with Crippen LogP contribution in [0.4, 0.5) is 0 Å². The molecule has 0 heterocycles. The lowest BCUT2D eigenvalue weighted by molar-refractivity contribution is -0.109. The van der Waals surface area contributed by atoms with Gasteiger partial charge in [0.15, 0.2) is 5.12 Å². The van der Waals surface area contributed by atoms with E-state index >= 15 is 0 Å². The first kappa shape index (κ1) is 13.4. The van der Waals surface area contributed by atoms with Gasteiger partial charge in [0.25, 0.3) is 0 Å². The van der Waals surface area contributed by atoms with Gasteiger partial charge in [-0.15, -0.1) is 0 Å². The van der Waals surface area contributed by atoms with Crippen molar-refractivity contribution in [3.05, 3.63) is 35.4 Å². The lowest BCUT2D eigenvalue weighted by Crippen LogP contribution is -1.88. The first-order valence-corrected chi connectivity index (χ1v) is 6.29. The Morgan fingerprint density at radius 1 is 1.41 bits per heavy atom. The van der Waals surface area contributed by atoms with Crippen LogP contribution in [0.15, 0.2) is 24.3 Å². The smallest absolute Gasteiger partial charge is 0.185 e. The fourth-order valence-electron chi connectivity index (χ4n) is 1.29. The molecule has 0 atom stereocenters. The van der Waals surface area contributed by atoms with Crippen molar-refractivity contribution in [3.8, 4) is 17.9 Å². The number of nitriles is 1. The number of nitrogens with zero attached hydrogens (tertiary/aromatic N) is 1. The molecule has 0 spiro atoms. The molecule has 0 fully saturated rings. The highest BCUT2D eigenvalue weighted by Gasteiger charge is 1.97. The maximum Gasteiger partial charge on any atom is 0.185 e. The van der Waals surface area contributed by atoms with Crippen LogP contribution in [0.1, 0.15) is 24.5 Å². The first-order chi connectivity index (χ1) is 8.24. The maximum atomic E-state index is 10.7. The van der Waals surface area contributed by atoms with Gasteiger partial charge in [-0.2, -0.15) is 5.26 Å². The van der Waals surface area contributed by atoms with Crippen LogP contribution in [0.5, 0.6) is 0 Å². The van der Waals surface area contributed by atoms with Crippen LogP contribution in [-0.2, 0) is 11.2 Å². The minimum Gasteiger partial charge on any atom is -0.288 e. The summed E-state index contributed by atoms with van der Waals surface area (Å²) in [6.45, 7) is 1.56. The molecule has 2 nitrogen and oxygen atoms in total. The number of benzene rings is 1. The zero-order valence-electron chi connectivity index (χ0n) is 9.69. The molecule has 86 valence electrons. The van der Waals surface area contributed by atoms with Gasteiger partial charge < -0.3 is 0 Å². The molecular weight excluding hydrogens is 230 g/mol. The number of thioether (sulfide) groups is 1. The van der Waals surface area contributed by atoms with Crippen molar-refractivity contribution >= 4 is 16.9 Å². The van der Waals surface area contributed by atoms with Gasteiger partial charge in [-0.25, -0.2) is 0 Å². The molecule has 0 amide bonds. The van der Waals surface area contributed by atoms with E-state index in [1.165, 1.54) is 11.8 Å². The van der Waals surface area contributed by atoms with E-state index in [4.69, 9.17) is 5.26 Å². The molecular formula is C14H13NOS. The fraction of sp³-hybridized carbons (Fsp3) is 0.286. The van der Waals surface area contributed by atoms with Crippen LogP contribution >= 0.6 is 11.8 Å². The second kappa shape index (κ2) is 7.54. The van der Waals surface area contributed by atoms with Crippen molar-refractivity contribution in [1.82, 2.24) is 0 Å². The predicted octanol–water partition coefficient (Wildman–Crippen LogP) is 2.77. The molecule has 17 heavy (non-hydrogen) atoms. The average Bonchev–Trinajstić information content (AvgIpc) is 2.31. The summed E-state index contributed by atoms with van der Waals surface area (Å²) in [5.74, 6) is 6.79. The van der Waals surface area contributed by atoms with E-state index in [0.717, 1.165) is 16.9 Å². The summed E-state index contributed by atoms with van der Waals surface area (Å²) >= 11 is 1.29. The number of hydrogen-bond acceptors (Lipinski definition) is 3. The lowest BCUT2D eigenvalue weighted by atomic mass is 10.1. The molecule has 0 radical (unpaired) electrons. The van der Waals surface area contributed by atoms with Gasteiger partial charge in [-0.3, -0.25) is 4.79 Å². The Morgan fingerprint density at radius 2 is 2.18 bits per heavy atom. The Morgan fingerprint density at radius 3 is 2.88 bits per heavy atom. The molecule has 3 heteroatoms. The maximum absolute atomic E-state index is 10.7. The second-order valence-electron chi connectivity index (χ2n) is 3.38. The third kappa shape index (κ3) is 5.24. The Bertz CT molecular complexity index is 491. The van der Waals surface area contributed by atoms with Gasteiger partial charge in [0, 0.05) is 24.7 Å². The molecule has 1 aromatic carbocycles. The van der Waals surface area contributed by atoms with Crippen LogP contribution in [0, 0.1) is 23.2 Å². The third-order valence-corrected chi connectivity index (χ3v) is 2.86. The second-order valence-corrected chi connectivity index (χ2v) is 4.66. The van der Waals surface area contributed by atoms with E-state index in [1.807, 2.05) is 24.3 Å². The molecule has 0 N–H and O–H groups in total. The van der Waals surface area contributed by atoms with Crippen LogP contribution in [-0.4, -0.2) is 10.9 Å². The standard InChI is InChI=1S/C14H13NOS/c1-12(16)17-11-5-4-8-13-6-2-3-7-14(13)9-10-15/h2-3,6-7H,5,9,11H2,1H3. The van der Waals surface area contributed by atoms with Gasteiger partial charge >= 0.3 is 0 Å². The lowest BCUT2D eigenvalue weighted by Gasteiger charge is -1.97. The van der Waals surface area contributed by atoms with Gasteiger partial charge in [0.1, 0.15) is 0 Å².